The van der Waals surface area contributed by atoms with E-state index in [1.54, 1.807) is 11.3 Å². The first-order valence-electron chi connectivity index (χ1n) is 10.6. The van der Waals surface area contributed by atoms with Gasteiger partial charge in [0.15, 0.2) is 5.82 Å². The summed E-state index contributed by atoms with van der Waals surface area (Å²) in [5, 5.41) is 6.69. The van der Waals surface area contributed by atoms with Gasteiger partial charge in [0.05, 0.1) is 10.8 Å². The van der Waals surface area contributed by atoms with E-state index < -0.39 is 0 Å². The summed E-state index contributed by atoms with van der Waals surface area (Å²) in [4.78, 5) is 35.8. The average Bonchev–Trinajstić information content (AvgIpc) is 3.12. The van der Waals surface area contributed by atoms with E-state index in [0.717, 1.165) is 42.3 Å². The zero-order chi connectivity index (χ0) is 20.8. The van der Waals surface area contributed by atoms with Gasteiger partial charge in [0.2, 0.25) is 0 Å². The van der Waals surface area contributed by atoms with Gasteiger partial charge >= 0.3 is 0 Å². The van der Waals surface area contributed by atoms with E-state index in [4.69, 9.17) is 4.98 Å². The Balaban J connectivity index is 1.74. The van der Waals surface area contributed by atoms with Crippen LogP contribution < -0.4 is 11.1 Å². The Kier molecular flexibility index (Phi) is 4.77. The third-order valence-electron chi connectivity index (χ3n) is 5.84. The molecule has 0 saturated heterocycles. The molecule has 0 aliphatic heterocycles. The molecule has 1 aliphatic carbocycles. The van der Waals surface area contributed by atoms with Crippen molar-refractivity contribution >= 4 is 32.3 Å². The molecular weight excluding hydrogens is 396 g/mol. The van der Waals surface area contributed by atoms with Crippen LogP contribution in [0.4, 0.5) is 0 Å². The summed E-state index contributed by atoms with van der Waals surface area (Å²) >= 11 is 1.62. The largest absolute Gasteiger partial charge is 0.305 e. The molecule has 1 aliphatic rings. The van der Waals surface area contributed by atoms with E-state index in [2.05, 4.69) is 23.9 Å². The highest BCUT2D eigenvalue weighted by Gasteiger charge is 2.21. The molecule has 0 fully saturated rings. The number of aromatic amines is 1. The van der Waals surface area contributed by atoms with Crippen molar-refractivity contribution < 1.29 is 0 Å². The van der Waals surface area contributed by atoms with Crippen molar-refractivity contribution in [2.45, 2.75) is 52.5 Å². The van der Waals surface area contributed by atoms with Gasteiger partial charge in [-0.15, -0.1) is 11.3 Å². The van der Waals surface area contributed by atoms with Crippen molar-refractivity contribution in [2.24, 2.45) is 5.92 Å². The molecule has 30 heavy (non-hydrogen) atoms. The van der Waals surface area contributed by atoms with Crippen LogP contribution in [0, 0.1) is 5.92 Å². The van der Waals surface area contributed by atoms with Crippen LogP contribution >= 0.6 is 11.3 Å². The molecule has 6 nitrogen and oxygen atoms in total. The van der Waals surface area contributed by atoms with E-state index in [0.29, 0.717) is 34.8 Å². The minimum atomic E-state index is -0.111. The summed E-state index contributed by atoms with van der Waals surface area (Å²) in [7, 11) is 0. The quantitative estimate of drug-likeness (QED) is 0.534. The Labute approximate surface area is 177 Å². The minimum absolute atomic E-state index is 0.106. The monoisotopic (exact) mass is 420 g/mol. The van der Waals surface area contributed by atoms with E-state index in [1.807, 2.05) is 24.3 Å². The van der Waals surface area contributed by atoms with Crippen molar-refractivity contribution in [3.05, 3.63) is 55.4 Å². The first kappa shape index (κ1) is 19.2. The highest BCUT2D eigenvalue weighted by molar-refractivity contribution is 7.18. The number of aryl methyl sites for hydroxylation is 3. The number of nitrogens with one attached hydrogen (secondary N) is 1. The molecule has 0 spiro atoms. The van der Waals surface area contributed by atoms with Crippen LogP contribution in [0.1, 0.15) is 43.6 Å². The number of aromatic nitrogens is 4. The van der Waals surface area contributed by atoms with Crippen LogP contribution in [0.3, 0.4) is 0 Å². The Morgan fingerprint density at radius 2 is 1.90 bits per heavy atom. The molecule has 3 aromatic heterocycles. The van der Waals surface area contributed by atoms with Crippen molar-refractivity contribution in [3.8, 4) is 11.5 Å². The number of thiophene rings is 1. The summed E-state index contributed by atoms with van der Waals surface area (Å²) in [6.45, 7) is 4.78. The summed E-state index contributed by atoms with van der Waals surface area (Å²) in [6, 6.07) is 7.42. The Morgan fingerprint density at radius 3 is 2.70 bits per heavy atom. The predicted octanol–water partition coefficient (Wildman–Crippen LogP) is 4.29. The molecule has 0 bridgehead atoms. The molecule has 0 saturated carbocycles. The number of nitrogens with zero attached hydrogens (tertiary/aromatic N) is 3. The lowest BCUT2D eigenvalue weighted by atomic mass is 9.97. The van der Waals surface area contributed by atoms with Crippen molar-refractivity contribution in [1.82, 2.24) is 19.7 Å². The van der Waals surface area contributed by atoms with Crippen LogP contribution in [0.5, 0.6) is 0 Å². The lowest BCUT2D eigenvalue weighted by Crippen LogP contribution is -2.25. The van der Waals surface area contributed by atoms with Gasteiger partial charge in [-0.3, -0.25) is 9.59 Å². The van der Waals surface area contributed by atoms with Gasteiger partial charge in [0.25, 0.3) is 11.1 Å². The maximum atomic E-state index is 13.0. The van der Waals surface area contributed by atoms with Gasteiger partial charge < -0.3 is 4.98 Å². The SMILES string of the molecule is CC(C)CCn1nc(-c2nc3sc4c(c3c(=O)[nH]2)CCCC4)c2ccccc2c1=O. The molecule has 1 N–H and O–H groups in total. The van der Waals surface area contributed by atoms with Gasteiger partial charge in [-0.05, 0) is 49.7 Å². The van der Waals surface area contributed by atoms with Crippen LogP contribution in [-0.4, -0.2) is 19.7 Å². The van der Waals surface area contributed by atoms with Gasteiger partial charge in [-0.25, -0.2) is 9.67 Å². The fourth-order valence-electron chi connectivity index (χ4n) is 4.22. The fraction of sp³-hybridized carbons (Fsp3) is 0.391. The molecule has 0 amide bonds. The van der Waals surface area contributed by atoms with Crippen LogP contribution in [-0.2, 0) is 19.4 Å². The summed E-state index contributed by atoms with van der Waals surface area (Å²) in [6.07, 6.45) is 5.10. The van der Waals surface area contributed by atoms with Crippen molar-refractivity contribution in [2.75, 3.05) is 0 Å². The summed E-state index contributed by atoms with van der Waals surface area (Å²) in [5.41, 5.74) is 1.51. The molecule has 5 rings (SSSR count). The molecule has 154 valence electrons. The lowest BCUT2D eigenvalue weighted by molar-refractivity contribution is 0.475. The Morgan fingerprint density at radius 1 is 1.13 bits per heavy atom. The molecular formula is C23H24N4O2S. The Hall–Kier alpha value is -2.80. The van der Waals surface area contributed by atoms with E-state index in [9.17, 15) is 9.59 Å². The smallest absolute Gasteiger partial charge is 0.274 e. The van der Waals surface area contributed by atoms with Crippen LogP contribution in [0.15, 0.2) is 33.9 Å². The standard InChI is InChI=1S/C23H24N4O2S/c1-13(2)11-12-27-23(29)15-8-4-3-7-14(15)19(26-27)20-24-21(28)18-16-9-5-6-10-17(16)30-22(18)25-20/h3-4,7-8,13H,5-6,9-12H2,1-2H3,(H,24,25,28). The summed E-state index contributed by atoms with van der Waals surface area (Å²) < 4.78 is 1.52. The molecule has 0 unspecified atom stereocenters. The van der Waals surface area contributed by atoms with Crippen LogP contribution in [0.25, 0.3) is 32.5 Å². The maximum Gasteiger partial charge on any atom is 0.274 e. The zero-order valence-electron chi connectivity index (χ0n) is 17.2. The normalized spacial score (nSPS) is 14.0. The van der Waals surface area contributed by atoms with E-state index >= 15 is 0 Å². The second-order valence-electron chi connectivity index (χ2n) is 8.41. The first-order valence-corrected chi connectivity index (χ1v) is 11.4. The molecule has 7 heteroatoms. The van der Waals surface area contributed by atoms with Gasteiger partial charge in [0.1, 0.15) is 10.5 Å². The highest BCUT2D eigenvalue weighted by atomic mass is 32.1. The molecule has 4 aromatic rings. The highest BCUT2D eigenvalue weighted by Crippen LogP contribution is 2.34. The average molecular weight is 421 g/mol. The summed E-state index contributed by atoms with van der Waals surface area (Å²) in [5.74, 6) is 0.890. The molecule has 3 heterocycles. The van der Waals surface area contributed by atoms with E-state index in [1.165, 1.54) is 15.1 Å². The number of fused-ring (bicyclic) bond motifs is 4. The maximum absolute atomic E-state index is 13.0. The Bertz CT molecular complexity index is 1380. The number of hydrogen-bond acceptors (Lipinski definition) is 5. The molecule has 0 atom stereocenters. The third-order valence-corrected chi connectivity index (χ3v) is 7.02. The third kappa shape index (κ3) is 3.17. The molecule has 1 aromatic carbocycles. The van der Waals surface area contributed by atoms with E-state index in [-0.39, 0.29) is 11.1 Å². The predicted molar refractivity (Wildman–Crippen MR) is 121 cm³/mol. The number of hydrogen-bond donors (Lipinski definition) is 1. The number of rotatable bonds is 4. The van der Waals surface area contributed by atoms with Gasteiger partial charge in [-0.2, -0.15) is 5.10 Å². The van der Waals surface area contributed by atoms with Crippen molar-refractivity contribution in [1.29, 1.82) is 0 Å². The fourth-order valence-corrected chi connectivity index (χ4v) is 5.48. The number of benzene rings is 1. The molecule has 0 radical (unpaired) electrons. The van der Waals surface area contributed by atoms with Crippen LogP contribution in [0.2, 0.25) is 0 Å². The first-order chi connectivity index (χ1) is 14.5. The number of H-pyrrole nitrogens is 1. The van der Waals surface area contributed by atoms with Crippen molar-refractivity contribution in [3.63, 3.8) is 0 Å². The lowest BCUT2D eigenvalue weighted by Gasteiger charge is -2.12. The zero-order valence-corrected chi connectivity index (χ0v) is 18.0. The van der Waals surface area contributed by atoms with Gasteiger partial charge in [-0.1, -0.05) is 32.0 Å². The topological polar surface area (TPSA) is 80.6 Å². The minimum Gasteiger partial charge on any atom is -0.305 e. The van der Waals surface area contributed by atoms with Gasteiger partial charge in [0, 0.05) is 16.8 Å². The second kappa shape index (κ2) is 7.47. The second-order valence-corrected chi connectivity index (χ2v) is 9.49.